The molecule has 172 valence electrons. The van der Waals surface area contributed by atoms with Crippen LogP contribution in [0.1, 0.15) is 35.6 Å². The number of carbonyl (C=O) groups is 1. The monoisotopic (exact) mass is 456 g/mol. The molecule has 0 N–H and O–H groups in total. The lowest BCUT2D eigenvalue weighted by molar-refractivity contribution is 0.102. The van der Waals surface area contributed by atoms with Crippen molar-refractivity contribution < 1.29 is 14.3 Å². The van der Waals surface area contributed by atoms with Crippen LogP contribution in [0.5, 0.6) is 5.75 Å². The van der Waals surface area contributed by atoms with Crippen molar-refractivity contribution in [2.75, 3.05) is 26.6 Å². The van der Waals surface area contributed by atoms with Crippen LogP contribution < -0.4 is 4.74 Å². The van der Waals surface area contributed by atoms with Gasteiger partial charge in [0.15, 0.2) is 16.8 Å². The topological polar surface area (TPSA) is 71.2 Å². The van der Waals surface area contributed by atoms with Crippen molar-refractivity contribution in [3.8, 4) is 17.1 Å². The molecule has 0 aliphatic heterocycles. The van der Waals surface area contributed by atoms with Gasteiger partial charge in [0.2, 0.25) is 0 Å². The molecule has 0 saturated heterocycles. The Balaban J connectivity index is 1.80. The first-order valence-electron chi connectivity index (χ1n) is 10.7. The molecule has 7 nitrogen and oxygen atoms in total. The fourth-order valence-electron chi connectivity index (χ4n) is 3.70. The van der Waals surface area contributed by atoms with Gasteiger partial charge >= 0.3 is 0 Å². The van der Waals surface area contributed by atoms with E-state index in [9.17, 15) is 4.79 Å². The highest BCUT2D eigenvalue weighted by Gasteiger charge is 2.20. The summed E-state index contributed by atoms with van der Waals surface area (Å²) < 4.78 is 14.7. The van der Waals surface area contributed by atoms with Crippen LogP contribution in [0.15, 0.2) is 35.5 Å². The van der Waals surface area contributed by atoms with Crippen LogP contribution in [0.25, 0.3) is 11.4 Å². The molecule has 0 atom stereocenters. The number of hydrogen-bond donors (Lipinski definition) is 0. The number of ketones is 1. The molecule has 0 unspecified atom stereocenters. The standard InChI is InChI=1S/C24H32N4O3S/c1-16(2)14-28-23(19-7-9-20(31-6)10-8-19)25-26-24(28)32-15-22(29)21-13-17(3)27(18(21)4)11-12-30-5/h7-10,13,16H,11-12,14-15H2,1-6H3. The second-order valence-electron chi connectivity index (χ2n) is 8.18. The number of aromatic nitrogens is 4. The number of hydrogen-bond acceptors (Lipinski definition) is 6. The maximum atomic E-state index is 13.0. The maximum Gasteiger partial charge on any atom is 0.191 e. The number of carbonyl (C=O) groups excluding carboxylic acids is 1. The molecule has 0 bridgehead atoms. The number of benzene rings is 1. The van der Waals surface area contributed by atoms with E-state index < -0.39 is 0 Å². The molecule has 3 rings (SSSR count). The summed E-state index contributed by atoms with van der Waals surface area (Å²) in [5, 5.41) is 9.60. The molecule has 1 aromatic carbocycles. The van der Waals surface area contributed by atoms with E-state index in [1.807, 2.05) is 44.2 Å². The van der Waals surface area contributed by atoms with E-state index in [1.54, 1.807) is 14.2 Å². The first kappa shape index (κ1) is 24.1. The number of aryl methyl sites for hydroxylation is 1. The minimum Gasteiger partial charge on any atom is -0.497 e. The van der Waals surface area contributed by atoms with Crippen LogP contribution >= 0.6 is 11.8 Å². The second kappa shape index (κ2) is 10.8. The predicted octanol–water partition coefficient (Wildman–Crippen LogP) is 4.65. The van der Waals surface area contributed by atoms with Gasteiger partial charge in [-0.05, 0) is 50.1 Å². The lowest BCUT2D eigenvalue weighted by Gasteiger charge is -2.13. The maximum absolute atomic E-state index is 13.0. The summed E-state index contributed by atoms with van der Waals surface area (Å²) in [6, 6.07) is 9.76. The van der Waals surface area contributed by atoms with Crippen molar-refractivity contribution in [1.82, 2.24) is 19.3 Å². The van der Waals surface area contributed by atoms with Gasteiger partial charge in [-0.1, -0.05) is 25.6 Å². The molecule has 0 fully saturated rings. The summed E-state index contributed by atoms with van der Waals surface area (Å²) in [5.41, 5.74) is 3.78. The minimum atomic E-state index is 0.0943. The lowest BCUT2D eigenvalue weighted by Crippen LogP contribution is -2.11. The van der Waals surface area contributed by atoms with Crippen molar-refractivity contribution >= 4 is 17.5 Å². The number of thioether (sulfide) groups is 1. The van der Waals surface area contributed by atoms with Crippen LogP contribution in [-0.2, 0) is 17.8 Å². The Morgan fingerprint density at radius 1 is 1.09 bits per heavy atom. The van der Waals surface area contributed by atoms with Gasteiger partial charge in [-0.25, -0.2) is 0 Å². The highest BCUT2D eigenvalue weighted by atomic mass is 32.2. The Labute approximate surface area is 194 Å². The second-order valence-corrected chi connectivity index (χ2v) is 9.12. The van der Waals surface area contributed by atoms with Gasteiger partial charge in [0, 0.05) is 42.7 Å². The van der Waals surface area contributed by atoms with E-state index in [0.717, 1.165) is 52.3 Å². The van der Waals surface area contributed by atoms with Gasteiger partial charge in [-0.2, -0.15) is 0 Å². The van der Waals surface area contributed by atoms with E-state index in [0.29, 0.717) is 18.3 Å². The van der Waals surface area contributed by atoms with Crippen LogP contribution in [0.2, 0.25) is 0 Å². The molecule has 2 aromatic heterocycles. The van der Waals surface area contributed by atoms with Crippen molar-refractivity contribution in [2.24, 2.45) is 5.92 Å². The first-order chi connectivity index (χ1) is 15.3. The Morgan fingerprint density at radius 2 is 1.81 bits per heavy atom. The number of Topliss-reactive ketones (excluding diaryl/α,β-unsaturated/α-hetero) is 1. The molecule has 0 radical (unpaired) electrons. The molecule has 32 heavy (non-hydrogen) atoms. The molecule has 8 heteroatoms. The Bertz CT molecular complexity index is 1050. The summed E-state index contributed by atoms with van der Waals surface area (Å²) in [4.78, 5) is 13.0. The molecule has 2 heterocycles. The van der Waals surface area contributed by atoms with Gasteiger partial charge in [0.25, 0.3) is 0 Å². The van der Waals surface area contributed by atoms with Gasteiger partial charge < -0.3 is 18.6 Å². The van der Waals surface area contributed by atoms with Crippen LogP contribution in [0.4, 0.5) is 0 Å². The molecule has 0 saturated carbocycles. The zero-order valence-electron chi connectivity index (χ0n) is 19.7. The minimum absolute atomic E-state index is 0.0943. The van der Waals surface area contributed by atoms with Crippen molar-refractivity contribution in [2.45, 2.75) is 45.9 Å². The van der Waals surface area contributed by atoms with Gasteiger partial charge in [0.05, 0.1) is 19.5 Å². The van der Waals surface area contributed by atoms with Gasteiger partial charge in [-0.3, -0.25) is 4.79 Å². The third-order valence-electron chi connectivity index (χ3n) is 5.34. The third-order valence-corrected chi connectivity index (χ3v) is 6.30. The van der Waals surface area contributed by atoms with E-state index in [2.05, 4.69) is 33.2 Å². The predicted molar refractivity (Wildman–Crippen MR) is 128 cm³/mol. The highest BCUT2D eigenvalue weighted by molar-refractivity contribution is 7.99. The smallest absolute Gasteiger partial charge is 0.191 e. The van der Waals surface area contributed by atoms with Crippen molar-refractivity contribution in [3.63, 3.8) is 0 Å². The van der Waals surface area contributed by atoms with E-state index in [1.165, 1.54) is 11.8 Å². The number of rotatable bonds is 11. The highest BCUT2D eigenvalue weighted by Crippen LogP contribution is 2.27. The summed E-state index contributed by atoms with van der Waals surface area (Å²) in [7, 11) is 3.33. The van der Waals surface area contributed by atoms with E-state index >= 15 is 0 Å². The molecule has 0 aliphatic rings. The molecular weight excluding hydrogens is 424 g/mol. The van der Waals surface area contributed by atoms with Crippen LogP contribution in [0.3, 0.4) is 0 Å². The summed E-state index contributed by atoms with van der Waals surface area (Å²) in [5.74, 6) is 2.42. The van der Waals surface area contributed by atoms with Crippen LogP contribution in [-0.4, -0.2) is 51.7 Å². The Morgan fingerprint density at radius 3 is 2.44 bits per heavy atom. The van der Waals surface area contributed by atoms with Crippen molar-refractivity contribution in [1.29, 1.82) is 0 Å². The molecule has 0 aliphatic carbocycles. The first-order valence-corrected chi connectivity index (χ1v) is 11.7. The number of ether oxygens (including phenoxy) is 2. The van der Waals surface area contributed by atoms with Gasteiger partial charge in [0.1, 0.15) is 5.75 Å². The lowest BCUT2D eigenvalue weighted by atomic mass is 10.2. The zero-order chi connectivity index (χ0) is 23.3. The summed E-state index contributed by atoms with van der Waals surface area (Å²) >= 11 is 1.44. The molecule has 3 aromatic rings. The fraction of sp³-hybridized carbons (Fsp3) is 0.458. The quantitative estimate of drug-likeness (QED) is 0.309. The summed E-state index contributed by atoms with van der Waals surface area (Å²) in [6.07, 6.45) is 0. The molecule has 0 spiro atoms. The number of nitrogens with zero attached hydrogens (tertiary/aromatic N) is 4. The largest absolute Gasteiger partial charge is 0.497 e. The third kappa shape index (κ3) is 5.42. The van der Waals surface area contributed by atoms with E-state index in [-0.39, 0.29) is 5.78 Å². The SMILES string of the molecule is COCCn1c(C)cc(C(=O)CSc2nnc(-c3ccc(OC)cc3)n2CC(C)C)c1C. The zero-order valence-corrected chi connectivity index (χ0v) is 20.5. The average Bonchev–Trinajstić information content (AvgIpc) is 3.30. The van der Waals surface area contributed by atoms with Crippen molar-refractivity contribution in [3.05, 3.63) is 47.3 Å². The normalized spacial score (nSPS) is 11.3. The van der Waals surface area contributed by atoms with E-state index in [4.69, 9.17) is 9.47 Å². The summed E-state index contributed by atoms with van der Waals surface area (Å²) in [6.45, 7) is 10.5. The van der Waals surface area contributed by atoms with Crippen LogP contribution in [0, 0.1) is 19.8 Å². The number of methoxy groups -OCH3 is 2. The molecule has 0 amide bonds. The molecular formula is C24H32N4O3S. The Kier molecular flexibility index (Phi) is 8.15. The average molecular weight is 457 g/mol. The fourth-order valence-corrected chi connectivity index (χ4v) is 4.53. The Hall–Kier alpha value is -2.58. The van der Waals surface area contributed by atoms with Gasteiger partial charge in [-0.15, -0.1) is 10.2 Å².